The first kappa shape index (κ1) is 26.3. The lowest BCUT2D eigenvalue weighted by Crippen LogP contribution is -2.51. The molecule has 0 bridgehead atoms. The Morgan fingerprint density at radius 2 is 1.50 bits per heavy atom. The van der Waals surface area contributed by atoms with Crippen molar-refractivity contribution in [2.24, 2.45) is 0 Å². The Bertz CT molecular complexity index is 861. The maximum absolute atomic E-state index is 13.8. The number of carbonyl (C=O) groups is 5. The second kappa shape index (κ2) is 12.9. The van der Waals surface area contributed by atoms with Gasteiger partial charge in [0.25, 0.3) is 0 Å². The van der Waals surface area contributed by atoms with E-state index in [0.29, 0.717) is 5.56 Å². The third-order valence-electron chi connectivity index (χ3n) is 4.44. The van der Waals surface area contributed by atoms with Gasteiger partial charge in [-0.15, -0.1) is 0 Å². The number of amides is 3. The van der Waals surface area contributed by atoms with Gasteiger partial charge in [-0.05, 0) is 43.4 Å². The monoisotopic (exact) mass is 455 g/mol. The van der Waals surface area contributed by atoms with Gasteiger partial charge in [-0.1, -0.05) is 12.1 Å². The van der Waals surface area contributed by atoms with Gasteiger partial charge in [-0.2, -0.15) is 0 Å². The fourth-order valence-corrected chi connectivity index (χ4v) is 2.70. The first-order valence-electron chi connectivity index (χ1n) is 9.75. The topological polar surface area (TPSA) is 182 Å². The molecular weight excluding hydrogens is 429 g/mol. The van der Waals surface area contributed by atoms with Crippen molar-refractivity contribution in [3.63, 3.8) is 0 Å². The summed E-state index contributed by atoms with van der Waals surface area (Å²) in [5, 5.41) is 33.4. The number of carboxylic acid groups (broad SMARTS) is 3. The Kier molecular flexibility index (Phi) is 10.6. The van der Waals surface area contributed by atoms with E-state index in [2.05, 4.69) is 5.32 Å². The van der Waals surface area contributed by atoms with E-state index in [4.69, 9.17) is 10.2 Å². The third-order valence-corrected chi connectivity index (χ3v) is 4.44. The average molecular weight is 455 g/mol. The lowest BCUT2D eigenvalue weighted by molar-refractivity contribution is -0.141. The Morgan fingerprint density at radius 1 is 0.938 bits per heavy atom. The summed E-state index contributed by atoms with van der Waals surface area (Å²) in [6, 6.07) is 0.605. The summed E-state index contributed by atoms with van der Waals surface area (Å²) < 4.78 is 13.8. The lowest BCUT2D eigenvalue weighted by Gasteiger charge is -2.18. The molecule has 0 spiro atoms. The van der Waals surface area contributed by atoms with Crippen molar-refractivity contribution in [1.82, 2.24) is 16.0 Å². The molecule has 6 N–H and O–H groups in total. The fraction of sp³-hybridized carbons (Fsp3) is 0.450. The number of carbonyl (C=O) groups excluding carboxylic acids is 2. The highest BCUT2D eigenvalue weighted by Gasteiger charge is 2.25. The minimum atomic E-state index is -1.52. The van der Waals surface area contributed by atoms with Crippen LogP contribution in [0.15, 0.2) is 18.2 Å². The van der Waals surface area contributed by atoms with E-state index in [1.165, 1.54) is 6.07 Å². The molecule has 32 heavy (non-hydrogen) atoms. The standard InChI is InChI=1S/C20H26FN3O8/c1-11-2-3-12(13(21)10-11)8-9-22-16(25)6-4-14(18(28)29)23-20(32)24-15(19(30)31)5-7-17(26)27/h2-3,10,14-15H,4-9H2,1H3,(H,22,25)(H,26,27)(H,28,29)(H,30,31)(H2,23,24,32)/t14-,15-/m0/s1. The summed E-state index contributed by atoms with van der Waals surface area (Å²) in [6.45, 7) is 1.88. The molecule has 1 rings (SSSR count). The van der Waals surface area contributed by atoms with E-state index in [9.17, 15) is 33.5 Å². The van der Waals surface area contributed by atoms with Gasteiger partial charge in [0, 0.05) is 19.4 Å². The highest BCUT2D eigenvalue weighted by molar-refractivity contribution is 5.86. The SMILES string of the molecule is Cc1ccc(CCNC(=O)CC[C@H](NC(=O)N[C@@H](CCC(=O)O)C(=O)O)C(=O)O)c(F)c1. The molecule has 0 aliphatic carbocycles. The molecule has 12 heteroatoms. The number of aliphatic carboxylic acids is 3. The van der Waals surface area contributed by atoms with E-state index in [1.54, 1.807) is 19.1 Å². The second-order valence-corrected chi connectivity index (χ2v) is 7.07. The molecule has 0 saturated heterocycles. The molecule has 1 aromatic rings. The van der Waals surface area contributed by atoms with Crippen LogP contribution in [0.5, 0.6) is 0 Å². The smallest absolute Gasteiger partial charge is 0.326 e. The Labute approximate surface area is 183 Å². The van der Waals surface area contributed by atoms with Crippen LogP contribution < -0.4 is 16.0 Å². The molecule has 11 nitrogen and oxygen atoms in total. The van der Waals surface area contributed by atoms with Gasteiger partial charge in [0.2, 0.25) is 5.91 Å². The number of halogens is 1. The van der Waals surface area contributed by atoms with Crippen LogP contribution in [0, 0.1) is 12.7 Å². The second-order valence-electron chi connectivity index (χ2n) is 7.07. The van der Waals surface area contributed by atoms with Crippen molar-refractivity contribution in [1.29, 1.82) is 0 Å². The van der Waals surface area contributed by atoms with Crippen molar-refractivity contribution >= 4 is 29.8 Å². The van der Waals surface area contributed by atoms with Gasteiger partial charge >= 0.3 is 23.9 Å². The quantitative estimate of drug-likeness (QED) is 0.250. The normalized spacial score (nSPS) is 12.3. The zero-order valence-electron chi connectivity index (χ0n) is 17.4. The first-order chi connectivity index (χ1) is 15.0. The van der Waals surface area contributed by atoms with Gasteiger partial charge in [0.15, 0.2) is 0 Å². The molecule has 0 aromatic heterocycles. The summed E-state index contributed by atoms with van der Waals surface area (Å²) >= 11 is 0. The van der Waals surface area contributed by atoms with Crippen LogP contribution in [0.3, 0.4) is 0 Å². The summed E-state index contributed by atoms with van der Waals surface area (Å²) in [7, 11) is 0. The van der Waals surface area contributed by atoms with Crippen LogP contribution in [-0.2, 0) is 25.6 Å². The molecule has 0 heterocycles. The van der Waals surface area contributed by atoms with E-state index < -0.39 is 48.4 Å². The molecule has 1 aromatic carbocycles. The summed E-state index contributed by atoms with van der Waals surface area (Å²) in [5.41, 5.74) is 1.19. The Hall–Kier alpha value is -3.70. The van der Waals surface area contributed by atoms with Gasteiger partial charge < -0.3 is 31.3 Å². The summed E-state index contributed by atoms with van der Waals surface area (Å²) in [5.74, 6) is -5.05. The van der Waals surface area contributed by atoms with Crippen molar-refractivity contribution < 1.29 is 43.7 Å². The van der Waals surface area contributed by atoms with Crippen LogP contribution in [0.1, 0.15) is 36.8 Å². The fourth-order valence-electron chi connectivity index (χ4n) is 2.70. The third kappa shape index (κ3) is 9.87. The van der Waals surface area contributed by atoms with E-state index >= 15 is 0 Å². The molecular formula is C20H26FN3O8. The molecule has 0 aliphatic heterocycles. The highest BCUT2D eigenvalue weighted by atomic mass is 19.1. The number of aryl methyl sites for hydroxylation is 1. The zero-order valence-corrected chi connectivity index (χ0v) is 17.4. The first-order valence-corrected chi connectivity index (χ1v) is 9.75. The number of nitrogens with one attached hydrogen (secondary N) is 3. The van der Waals surface area contributed by atoms with Crippen molar-refractivity contribution in [2.45, 2.75) is 51.1 Å². The molecule has 0 fully saturated rings. The number of carboxylic acids is 3. The predicted molar refractivity (Wildman–Crippen MR) is 108 cm³/mol. The number of hydrogen-bond donors (Lipinski definition) is 6. The van der Waals surface area contributed by atoms with Crippen molar-refractivity contribution in [2.75, 3.05) is 6.54 Å². The van der Waals surface area contributed by atoms with E-state index in [-0.39, 0.29) is 38.0 Å². The molecule has 0 radical (unpaired) electrons. The van der Waals surface area contributed by atoms with E-state index in [0.717, 1.165) is 5.56 Å². The predicted octanol–water partition coefficient (Wildman–Crippen LogP) is 0.643. The van der Waals surface area contributed by atoms with E-state index in [1.807, 2.05) is 10.6 Å². The maximum atomic E-state index is 13.8. The van der Waals surface area contributed by atoms with Crippen molar-refractivity contribution in [3.8, 4) is 0 Å². The van der Waals surface area contributed by atoms with Crippen LogP contribution >= 0.6 is 0 Å². The lowest BCUT2D eigenvalue weighted by atomic mass is 10.1. The number of urea groups is 1. The maximum Gasteiger partial charge on any atom is 0.326 e. The van der Waals surface area contributed by atoms with Gasteiger partial charge in [-0.25, -0.2) is 18.8 Å². The van der Waals surface area contributed by atoms with Crippen LogP contribution in [-0.4, -0.2) is 63.8 Å². The molecule has 0 aliphatic rings. The molecule has 3 amide bonds. The zero-order chi connectivity index (χ0) is 24.3. The molecule has 176 valence electrons. The van der Waals surface area contributed by atoms with Gasteiger partial charge in [-0.3, -0.25) is 9.59 Å². The largest absolute Gasteiger partial charge is 0.481 e. The number of benzene rings is 1. The summed E-state index contributed by atoms with van der Waals surface area (Å²) in [4.78, 5) is 56.8. The Balaban J connectivity index is 2.48. The minimum absolute atomic E-state index is 0.133. The average Bonchev–Trinajstić information content (AvgIpc) is 2.69. The summed E-state index contributed by atoms with van der Waals surface area (Å²) in [6.07, 6.45) is -1.19. The van der Waals surface area contributed by atoms with Crippen molar-refractivity contribution in [3.05, 3.63) is 35.1 Å². The molecule has 0 unspecified atom stereocenters. The molecule has 2 atom stereocenters. The van der Waals surface area contributed by atoms with Crippen LogP contribution in [0.2, 0.25) is 0 Å². The molecule has 0 saturated carbocycles. The van der Waals surface area contributed by atoms with Crippen LogP contribution in [0.25, 0.3) is 0 Å². The Morgan fingerprint density at radius 3 is 2.00 bits per heavy atom. The van der Waals surface area contributed by atoms with Crippen LogP contribution in [0.4, 0.5) is 9.18 Å². The number of hydrogen-bond acceptors (Lipinski definition) is 5. The number of rotatable bonds is 13. The van der Waals surface area contributed by atoms with Gasteiger partial charge in [0.05, 0.1) is 0 Å². The minimum Gasteiger partial charge on any atom is -0.481 e. The highest BCUT2D eigenvalue weighted by Crippen LogP contribution is 2.10. The van der Waals surface area contributed by atoms with Gasteiger partial charge in [0.1, 0.15) is 17.9 Å².